The van der Waals surface area contributed by atoms with Gasteiger partial charge in [-0.25, -0.2) is 0 Å². The minimum atomic E-state index is 0.198. The molecule has 0 radical (unpaired) electrons. The third-order valence-corrected chi connectivity index (χ3v) is 4.77. The highest BCUT2D eigenvalue weighted by Gasteiger charge is 2.30. The van der Waals surface area contributed by atoms with E-state index in [1.807, 2.05) is 24.8 Å². The maximum absolute atomic E-state index is 6.22. The fourth-order valence-corrected chi connectivity index (χ4v) is 3.10. The zero-order valence-corrected chi connectivity index (χ0v) is 11.7. The summed E-state index contributed by atoms with van der Waals surface area (Å²) in [5, 5.41) is 0.411. The lowest BCUT2D eigenvalue weighted by Crippen LogP contribution is -2.40. The SMILES string of the molecule is CCC(N)C(Sc1ccoc1C)C(C)(C)C. The molecule has 0 saturated carbocycles. The van der Waals surface area contributed by atoms with Gasteiger partial charge in [-0.05, 0) is 24.8 Å². The van der Waals surface area contributed by atoms with Crippen LogP contribution in [0.15, 0.2) is 21.6 Å². The van der Waals surface area contributed by atoms with E-state index in [9.17, 15) is 0 Å². The fourth-order valence-electron chi connectivity index (χ4n) is 1.75. The van der Waals surface area contributed by atoms with E-state index in [-0.39, 0.29) is 11.5 Å². The average molecular weight is 241 g/mol. The van der Waals surface area contributed by atoms with Gasteiger partial charge in [0.05, 0.1) is 6.26 Å². The lowest BCUT2D eigenvalue weighted by atomic mass is 9.87. The molecular formula is C13H23NOS. The van der Waals surface area contributed by atoms with Crippen LogP contribution in [0.3, 0.4) is 0 Å². The van der Waals surface area contributed by atoms with Gasteiger partial charge in [0.1, 0.15) is 5.76 Å². The Hall–Kier alpha value is -0.410. The second kappa shape index (κ2) is 5.28. The predicted molar refractivity (Wildman–Crippen MR) is 70.8 cm³/mol. The summed E-state index contributed by atoms with van der Waals surface area (Å²) in [6.45, 7) is 10.9. The van der Waals surface area contributed by atoms with Crippen LogP contribution in [-0.2, 0) is 0 Å². The zero-order valence-electron chi connectivity index (χ0n) is 10.9. The van der Waals surface area contributed by atoms with Crippen LogP contribution in [0.5, 0.6) is 0 Å². The van der Waals surface area contributed by atoms with Crippen LogP contribution in [0.1, 0.15) is 39.9 Å². The second-order valence-corrected chi connectivity index (χ2v) is 6.50. The number of hydrogen-bond donors (Lipinski definition) is 1. The number of nitrogens with two attached hydrogens (primary N) is 1. The van der Waals surface area contributed by atoms with Gasteiger partial charge in [0.15, 0.2) is 0 Å². The molecule has 0 amide bonds. The number of hydrogen-bond acceptors (Lipinski definition) is 3. The minimum absolute atomic E-state index is 0.198. The van der Waals surface area contributed by atoms with Crippen molar-refractivity contribution in [2.45, 2.75) is 57.2 Å². The molecule has 1 aromatic heterocycles. The van der Waals surface area contributed by atoms with Gasteiger partial charge in [0, 0.05) is 16.2 Å². The van der Waals surface area contributed by atoms with Gasteiger partial charge < -0.3 is 10.2 Å². The van der Waals surface area contributed by atoms with Crippen molar-refractivity contribution in [1.29, 1.82) is 0 Å². The van der Waals surface area contributed by atoms with Crippen molar-refractivity contribution in [2.75, 3.05) is 0 Å². The molecule has 0 saturated heterocycles. The molecule has 2 N–H and O–H groups in total. The largest absolute Gasteiger partial charge is 0.468 e. The van der Waals surface area contributed by atoms with Crippen molar-refractivity contribution in [1.82, 2.24) is 0 Å². The highest BCUT2D eigenvalue weighted by Crippen LogP contribution is 2.39. The van der Waals surface area contributed by atoms with Crippen molar-refractivity contribution in [3.63, 3.8) is 0 Å². The van der Waals surface area contributed by atoms with Crippen molar-refractivity contribution < 1.29 is 4.42 Å². The molecule has 2 unspecified atom stereocenters. The van der Waals surface area contributed by atoms with Crippen LogP contribution in [0.4, 0.5) is 0 Å². The van der Waals surface area contributed by atoms with Crippen molar-refractivity contribution in [3.8, 4) is 0 Å². The maximum Gasteiger partial charge on any atom is 0.114 e. The Morgan fingerprint density at radius 2 is 2.06 bits per heavy atom. The smallest absolute Gasteiger partial charge is 0.114 e. The van der Waals surface area contributed by atoms with E-state index in [2.05, 4.69) is 27.7 Å². The third-order valence-electron chi connectivity index (χ3n) is 2.78. The number of rotatable bonds is 4. The molecule has 0 aliphatic carbocycles. The number of thioether (sulfide) groups is 1. The Morgan fingerprint density at radius 3 is 2.44 bits per heavy atom. The second-order valence-electron chi connectivity index (χ2n) is 5.32. The molecule has 16 heavy (non-hydrogen) atoms. The molecule has 0 aliphatic rings. The Bertz CT molecular complexity index is 327. The molecule has 0 aromatic carbocycles. The molecule has 0 spiro atoms. The Kier molecular flexibility index (Phi) is 4.51. The summed E-state index contributed by atoms with van der Waals surface area (Å²) < 4.78 is 5.33. The minimum Gasteiger partial charge on any atom is -0.468 e. The van der Waals surface area contributed by atoms with E-state index in [0.717, 1.165) is 12.2 Å². The summed E-state index contributed by atoms with van der Waals surface area (Å²) in [7, 11) is 0. The highest BCUT2D eigenvalue weighted by molar-refractivity contribution is 8.00. The van der Waals surface area contributed by atoms with Gasteiger partial charge in [0.25, 0.3) is 0 Å². The average Bonchev–Trinajstić information content (AvgIpc) is 2.57. The van der Waals surface area contributed by atoms with E-state index < -0.39 is 0 Å². The first-order valence-electron chi connectivity index (χ1n) is 5.82. The zero-order chi connectivity index (χ0) is 12.3. The molecule has 0 bridgehead atoms. The molecule has 1 heterocycles. The van der Waals surface area contributed by atoms with Crippen LogP contribution in [0.2, 0.25) is 0 Å². The van der Waals surface area contributed by atoms with Gasteiger partial charge in [-0.15, -0.1) is 11.8 Å². The molecule has 92 valence electrons. The summed E-state index contributed by atoms with van der Waals surface area (Å²) >= 11 is 1.84. The monoisotopic (exact) mass is 241 g/mol. The quantitative estimate of drug-likeness (QED) is 0.814. The van der Waals surface area contributed by atoms with Crippen molar-refractivity contribution in [2.24, 2.45) is 11.1 Å². The third kappa shape index (κ3) is 3.29. The lowest BCUT2D eigenvalue weighted by Gasteiger charge is -2.34. The number of aryl methyl sites for hydroxylation is 1. The molecule has 1 rings (SSSR count). The van der Waals surface area contributed by atoms with E-state index >= 15 is 0 Å². The first-order chi connectivity index (χ1) is 7.36. The summed E-state index contributed by atoms with van der Waals surface area (Å²) in [6.07, 6.45) is 2.75. The van der Waals surface area contributed by atoms with Crippen LogP contribution < -0.4 is 5.73 Å². The van der Waals surface area contributed by atoms with Crippen molar-refractivity contribution in [3.05, 3.63) is 18.1 Å². The van der Waals surface area contributed by atoms with Gasteiger partial charge >= 0.3 is 0 Å². The maximum atomic E-state index is 6.22. The van der Waals surface area contributed by atoms with E-state index in [1.54, 1.807) is 6.26 Å². The highest BCUT2D eigenvalue weighted by atomic mass is 32.2. The first kappa shape index (κ1) is 13.7. The van der Waals surface area contributed by atoms with Crippen LogP contribution >= 0.6 is 11.8 Å². The van der Waals surface area contributed by atoms with Crippen LogP contribution in [0.25, 0.3) is 0 Å². The Labute approximate surface area is 103 Å². The van der Waals surface area contributed by atoms with E-state index in [1.165, 1.54) is 4.90 Å². The molecular weight excluding hydrogens is 218 g/mol. The van der Waals surface area contributed by atoms with Crippen LogP contribution in [0, 0.1) is 12.3 Å². The first-order valence-corrected chi connectivity index (χ1v) is 6.70. The molecule has 1 aromatic rings. The van der Waals surface area contributed by atoms with Gasteiger partial charge in [-0.1, -0.05) is 27.7 Å². The van der Waals surface area contributed by atoms with Gasteiger partial charge in [-0.3, -0.25) is 0 Å². The van der Waals surface area contributed by atoms with Crippen molar-refractivity contribution >= 4 is 11.8 Å². The normalized spacial score (nSPS) is 16.1. The molecule has 2 atom stereocenters. The van der Waals surface area contributed by atoms with Gasteiger partial charge in [0.2, 0.25) is 0 Å². The van der Waals surface area contributed by atoms with Gasteiger partial charge in [-0.2, -0.15) is 0 Å². The molecule has 0 fully saturated rings. The standard InChI is InChI=1S/C13H23NOS/c1-6-10(14)12(13(3,4)5)16-11-7-8-15-9(11)2/h7-8,10,12H,6,14H2,1-5H3. The summed E-state index contributed by atoms with van der Waals surface area (Å²) in [6, 6.07) is 2.25. The van der Waals surface area contributed by atoms with E-state index in [0.29, 0.717) is 5.25 Å². The molecule has 2 nitrogen and oxygen atoms in total. The van der Waals surface area contributed by atoms with Crippen LogP contribution in [-0.4, -0.2) is 11.3 Å². The fraction of sp³-hybridized carbons (Fsp3) is 0.692. The Morgan fingerprint density at radius 1 is 1.44 bits per heavy atom. The predicted octanol–water partition coefficient (Wildman–Crippen LogP) is 3.83. The Balaban J connectivity index is 2.84. The van der Waals surface area contributed by atoms with E-state index in [4.69, 9.17) is 10.2 Å². The summed E-state index contributed by atoms with van der Waals surface area (Å²) in [4.78, 5) is 1.21. The summed E-state index contributed by atoms with van der Waals surface area (Å²) in [5.41, 5.74) is 6.42. The summed E-state index contributed by atoms with van der Waals surface area (Å²) in [5.74, 6) is 0.988. The molecule has 0 aliphatic heterocycles. The number of furan rings is 1. The lowest BCUT2D eigenvalue weighted by molar-refractivity contribution is 0.350. The molecule has 3 heteroatoms. The topological polar surface area (TPSA) is 39.2 Å².